The average Bonchev–Trinajstić information content (AvgIpc) is 2.55. The number of nitro groups is 1. The van der Waals surface area contributed by atoms with Crippen molar-refractivity contribution >= 4 is 17.3 Å². The van der Waals surface area contributed by atoms with Crippen LogP contribution in [0.4, 0.5) is 5.69 Å². The van der Waals surface area contributed by atoms with Crippen LogP contribution in [0.1, 0.15) is 36.2 Å². The number of non-ortho nitro benzene ring substituents is 1. The molecule has 1 aliphatic rings. The van der Waals surface area contributed by atoms with Crippen LogP contribution in [0.2, 0.25) is 0 Å². The van der Waals surface area contributed by atoms with Gasteiger partial charge in [0.05, 0.1) is 17.1 Å². The zero-order chi connectivity index (χ0) is 15.5. The Morgan fingerprint density at radius 3 is 2.32 bits per heavy atom. The van der Waals surface area contributed by atoms with Crippen molar-refractivity contribution in [2.45, 2.75) is 30.4 Å². The molecule has 1 fully saturated rings. The summed E-state index contributed by atoms with van der Waals surface area (Å²) in [6.07, 6.45) is 1.10. The molecular formula is C17H16ClNO3. The molecule has 2 aromatic rings. The lowest BCUT2D eigenvalue weighted by Gasteiger charge is -2.33. The van der Waals surface area contributed by atoms with Crippen LogP contribution in [-0.4, -0.2) is 10.3 Å². The van der Waals surface area contributed by atoms with Gasteiger partial charge in [0.25, 0.3) is 5.69 Å². The summed E-state index contributed by atoms with van der Waals surface area (Å²) in [7, 11) is 0. The van der Waals surface area contributed by atoms with Crippen LogP contribution < -0.4 is 0 Å². The third-order valence-corrected chi connectivity index (χ3v) is 4.25. The summed E-state index contributed by atoms with van der Waals surface area (Å²) in [5.74, 6) is 0. The van der Waals surface area contributed by atoms with E-state index in [-0.39, 0.29) is 28.2 Å². The molecule has 0 aliphatic carbocycles. The van der Waals surface area contributed by atoms with E-state index < -0.39 is 0 Å². The first-order chi connectivity index (χ1) is 10.6. The van der Waals surface area contributed by atoms with Gasteiger partial charge in [0.2, 0.25) is 0 Å². The van der Waals surface area contributed by atoms with Crippen molar-refractivity contribution in [2.75, 3.05) is 0 Å². The first kappa shape index (κ1) is 15.0. The van der Waals surface area contributed by atoms with Crippen LogP contribution in [0.3, 0.4) is 0 Å². The van der Waals surface area contributed by atoms with Crippen LogP contribution in [0.25, 0.3) is 0 Å². The molecule has 5 heteroatoms. The maximum atomic E-state index is 10.9. The molecule has 2 aromatic carbocycles. The van der Waals surface area contributed by atoms with Crippen molar-refractivity contribution in [3.63, 3.8) is 0 Å². The van der Waals surface area contributed by atoms with Gasteiger partial charge in [0.1, 0.15) is 0 Å². The molecule has 1 aliphatic heterocycles. The Labute approximate surface area is 133 Å². The van der Waals surface area contributed by atoms with Gasteiger partial charge in [0.15, 0.2) is 0 Å². The third kappa shape index (κ3) is 3.29. The van der Waals surface area contributed by atoms with Crippen molar-refractivity contribution < 1.29 is 9.66 Å². The fourth-order valence-corrected chi connectivity index (χ4v) is 3.13. The normalized spacial score (nSPS) is 24.9. The predicted octanol–water partition coefficient (Wildman–Crippen LogP) is 4.80. The molecule has 0 bridgehead atoms. The maximum Gasteiger partial charge on any atom is 0.269 e. The highest BCUT2D eigenvalue weighted by Crippen LogP contribution is 2.41. The van der Waals surface area contributed by atoms with Crippen molar-refractivity contribution in [2.24, 2.45) is 0 Å². The smallest absolute Gasteiger partial charge is 0.269 e. The van der Waals surface area contributed by atoms with Gasteiger partial charge in [-0.05, 0) is 24.0 Å². The molecule has 0 unspecified atom stereocenters. The topological polar surface area (TPSA) is 52.4 Å². The number of rotatable bonds is 3. The zero-order valence-corrected chi connectivity index (χ0v) is 12.6. The van der Waals surface area contributed by atoms with Crippen molar-refractivity contribution in [1.82, 2.24) is 0 Å². The minimum absolute atomic E-state index is 0.0109. The Morgan fingerprint density at radius 1 is 1.00 bits per heavy atom. The minimum atomic E-state index is -0.390. The van der Waals surface area contributed by atoms with E-state index in [2.05, 4.69) is 0 Å². The molecule has 0 radical (unpaired) electrons. The first-order valence-electron chi connectivity index (χ1n) is 7.22. The Hall–Kier alpha value is -1.91. The van der Waals surface area contributed by atoms with Gasteiger partial charge in [-0.25, -0.2) is 0 Å². The molecule has 0 N–H and O–H groups in total. The molecule has 1 saturated heterocycles. The van der Waals surface area contributed by atoms with E-state index >= 15 is 0 Å². The number of ether oxygens (including phenoxy) is 1. The molecule has 1 heterocycles. The maximum absolute atomic E-state index is 10.9. The Bertz CT molecular complexity index is 662. The summed E-state index contributed by atoms with van der Waals surface area (Å²) >= 11 is 6.39. The summed E-state index contributed by atoms with van der Waals surface area (Å²) < 4.78 is 6.16. The molecule has 0 spiro atoms. The monoisotopic (exact) mass is 317 g/mol. The second-order valence-corrected chi connectivity index (χ2v) is 6.06. The standard InChI is InChI=1S/C17H16ClNO3/c18-14-10-16(12-5-2-1-3-6-12)22-17(11-14)13-7-4-8-15(9-13)19(20)21/h1-9,14,16-17H,10-11H2/t14-,16-,17+/m0/s1. The molecule has 22 heavy (non-hydrogen) atoms. The van der Waals surface area contributed by atoms with E-state index in [1.807, 2.05) is 36.4 Å². The van der Waals surface area contributed by atoms with Crippen molar-refractivity contribution in [3.8, 4) is 0 Å². The Balaban J connectivity index is 1.85. The highest BCUT2D eigenvalue weighted by molar-refractivity contribution is 6.20. The summed E-state index contributed by atoms with van der Waals surface area (Å²) in [5.41, 5.74) is 1.97. The number of nitrogens with zero attached hydrogens (tertiary/aromatic N) is 1. The Morgan fingerprint density at radius 2 is 1.64 bits per heavy atom. The molecular weight excluding hydrogens is 302 g/mol. The van der Waals surface area contributed by atoms with Crippen LogP contribution >= 0.6 is 11.6 Å². The van der Waals surface area contributed by atoms with E-state index in [9.17, 15) is 10.1 Å². The van der Waals surface area contributed by atoms with Gasteiger partial charge < -0.3 is 4.74 Å². The number of halogens is 1. The molecule has 3 rings (SSSR count). The van der Waals surface area contributed by atoms with Crippen molar-refractivity contribution in [1.29, 1.82) is 0 Å². The lowest BCUT2D eigenvalue weighted by Crippen LogP contribution is -2.23. The molecule has 0 amide bonds. The first-order valence-corrected chi connectivity index (χ1v) is 7.66. The number of hydrogen-bond acceptors (Lipinski definition) is 3. The van der Waals surface area contributed by atoms with Crippen LogP contribution in [0, 0.1) is 10.1 Å². The summed E-state index contributed by atoms with van der Waals surface area (Å²) in [4.78, 5) is 10.5. The lowest BCUT2D eigenvalue weighted by molar-refractivity contribution is -0.385. The van der Waals surface area contributed by atoms with E-state index in [4.69, 9.17) is 16.3 Å². The average molecular weight is 318 g/mol. The van der Waals surface area contributed by atoms with E-state index in [1.54, 1.807) is 12.1 Å². The number of hydrogen-bond donors (Lipinski definition) is 0. The number of alkyl halides is 1. The number of benzene rings is 2. The molecule has 3 atom stereocenters. The Kier molecular flexibility index (Phi) is 4.41. The largest absolute Gasteiger partial charge is 0.365 e. The zero-order valence-electron chi connectivity index (χ0n) is 11.9. The summed E-state index contributed by atoms with van der Waals surface area (Å²) in [5, 5.41) is 10.9. The van der Waals surface area contributed by atoms with Crippen LogP contribution in [0.5, 0.6) is 0 Å². The highest BCUT2D eigenvalue weighted by atomic mass is 35.5. The molecule has 0 aromatic heterocycles. The third-order valence-electron chi connectivity index (χ3n) is 3.89. The summed E-state index contributed by atoms with van der Waals surface area (Å²) in [6, 6.07) is 16.5. The van der Waals surface area contributed by atoms with E-state index in [1.165, 1.54) is 6.07 Å². The van der Waals surface area contributed by atoms with E-state index in [0.29, 0.717) is 6.42 Å². The molecule has 0 saturated carbocycles. The fraction of sp³-hybridized carbons (Fsp3) is 0.294. The van der Waals surface area contributed by atoms with Crippen LogP contribution in [0.15, 0.2) is 54.6 Å². The highest BCUT2D eigenvalue weighted by Gasteiger charge is 2.30. The van der Waals surface area contributed by atoms with Crippen molar-refractivity contribution in [3.05, 3.63) is 75.8 Å². The molecule has 114 valence electrons. The predicted molar refractivity (Wildman–Crippen MR) is 85.0 cm³/mol. The second kappa shape index (κ2) is 6.46. The van der Waals surface area contributed by atoms with Gasteiger partial charge in [-0.1, -0.05) is 42.5 Å². The quantitative estimate of drug-likeness (QED) is 0.464. The van der Waals surface area contributed by atoms with Gasteiger partial charge in [-0.2, -0.15) is 0 Å². The number of nitro benzene ring substituents is 1. The fourth-order valence-electron chi connectivity index (χ4n) is 2.81. The van der Waals surface area contributed by atoms with Gasteiger partial charge >= 0.3 is 0 Å². The van der Waals surface area contributed by atoms with Gasteiger partial charge in [-0.3, -0.25) is 10.1 Å². The van der Waals surface area contributed by atoms with E-state index in [0.717, 1.165) is 17.5 Å². The SMILES string of the molecule is O=[N+]([O-])c1cccc([C@H]2C[C@@H](Cl)C[C@@H](c3ccccc3)O2)c1. The summed E-state index contributed by atoms with van der Waals surface area (Å²) in [6.45, 7) is 0. The minimum Gasteiger partial charge on any atom is -0.365 e. The van der Waals surface area contributed by atoms with Gasteiger partial charge in [-0.15, -0.1) is 11.6 Å². The lowest BCUT2D eigenvalue weighted by atomic mass is 9.94. The van der Waals surface area contributed by atoms with Crippen LogP contribution in [-0.2, 0) is 4.74 Å². The van der Waals surface area contributed by atoms with Gasteiger partial charge in [0, 0.05) is 17.5 Å². The second-order valence-electron chi connectivity index (χ2n) is 5.44. The molecule has 4 nitrogen and oxygen atoms in total.